The first kappa shape index (κ1) is 16.6. The fraction of sp³-hybridized carbons (Fsp3) is 0.500. The highest BCUT2D eigenvalue weighted by molar-refractivity contribution is 6.22. The van der Waals surface area contributed by atoms with Gasteiger partial charge in [0, 0.05) is 5.92 Å². The van der Waals surface area contributed by atoms with E-state index in [2.05, 4.69) is 0 Å². The number of nitrogens with two attached hydrogens (primary N) is 1. The average molecular weight is 329 g/mol. The molecule has 6 heteroatoms. The zero-order valence-electron chi connectivity index (χ0n) is 14.1. The molecule has 1 aromatic rings. The second-order valence-corrected chi connectivity index (χ2v) is 6.85. The Labute approximate surface area is 141 Å². The minimum atomic E-state index is -0.424. The molecule has 0 aliphatic carbocycles. The zero-order chi connectivity index (χ0) is 17.4. The van der Waals surface area contributed by atoms with Gasteiger partial charge in [-0.05, 0) is 63.0 Å². The monoisotopic (exact) mass is 329 g/mol. The third kappa shape index (κ3) is 3.06. The number of carbonyl (C=O) groups excluding carboxylic acids is 3. The molecular formula is C18H23N3O3. The minimum Gasteiger partial charge on any atom is -0.369 e. The lowest BCUT2D eigenvalue weighted by molar-refractivity contribution is -0.124. The highest BCUT2D eigenvalue weighted by Gasteiger charge is 2.43. The van der Waals surface area contributed by atoms with E-state index in [0.717, 1.165) is 11.1 Å². The third-order valence-electron chi connectivity index (χ3n) is 4.96. The van der Waals surface area contributed by atoms with Gasteiger partial charge in [0.1, 0.15) is 0 Å². The van der Waals surface area contributed by atoms with E-state index in [1.165, 1.54) is 4.90 Å². The molecule has 1 atom stereocenters. The van der Waals surface area contributed by atoms with E-state index in [1.54, 1.807) is 0 Å². The molecule has 0 aromatic heterocycles. The van der Waals surface area contributed by atoms with Gasteiger partial charge in [0.2, 0.25) is 11.8 Å². The largest absolute Gasteiger partial charge is 0.369 e. The van der Waals surface area contributed by atoms with Crippen LogP contribution in [-0.2, 0) is 14.4 Å². The number of primary amides is 1. The second-order valence-electron chi connectivity index (χ2n) is 6.85. The van der Waals surface area contributed by atoms with Gasteiger partial charge >= 0.3 is 0 Å². The number of piperidine rings is 1. The maximum Gasteiger partial charge on any atom is 0.251 e. The first-order valence-corrected chi connectivity index (χ1v) is 8.35. The molecule has 2 N–H and O–H groups in total. The number of carbonyl (C=O) groups is 3. The predicted molar refractivity (Wildman–Crippen MR) is 90.3 cm³/mol. The second kappa shape index (κ2) is 6.36. The Bertz CT molecular complexity index is 672. The summed E-state index contributed by atoms with van der Waals surface area (Å²) in [4.78, 5) is 39.9. The van der Waals surface area contributed by atoms with Gasteiger partial charge in [-0.3, -0.25) is 19.3 Å². The number of rotatable bonds is 3. The van der Waals surface area contributed by atoms with Gasteiger partial charge in [0.05, 0.1) is 18.2 Å². The topological polar surface area (TPSA) is 83.7 Å². The molecule has 0 bridgehead atoms. The number of likely N-dealkylation sites (tertiary alicyclic amines) is 1. The molecule has 2 saturated heterocycles. The quantitative estimate of drug-likeness (QED) is 0.843. The Morgan fingerprint density at radius 1 is 1.08 bits per heavy atom. The first-order chi connectivity index (χ1) is 11.4. The number of imide groups is 1. The summed E-state index contributed by atoms with van der Waals surface area (Å²) >= 11 is 0. The van der Waals surface area contributed by atoms with Crippen molar-refractivity contribution >= 4 is 23.4 Å². The van der Waals surface area contributed by atoms with Crippen LogP contribution in [-0.4, -0.2) is 41.8 Å². The van der Waals surface area contributed by atoms with Crippen LogP contribution in [0.3, 0.4) is 0 Å². The maximum absolute atomic E-state index is 12.8. The molecule has 1 unspecified atom stereocenters. The summed E-state index contributed by atoms with van der Waals surface area (Å²) in [7, 11) is 0. The lowest BCUT2D eigenvalue weighted by Gasteiger charge is -2.33. The fourth-order valence-electron chi connectivity index (χ4n) is 3.75. The minimum absolute atomic E-state index is 0.121. The average Bonchev–Trinajstić information content (AvgIpc) is 2.81. The van der Waals surface area contributed by atoms with Crippen molar-refractivity contribution in [1.29, 1.82) is 0 Å². The molecule has 0 saturated carbocycles. The molecule has 2 aliphatic heterocycles. The Morgan fingerprint density at radius 3 is 2.21 bits per heavy atom. The molecule has 2 heterocycles. The van der Waals surface area contributed by atoms with Gasteiger partial charge in [0.15, 0.2) is 0 Å². The van der Waals surface area contributed by atoms with Crippen LogP contribution in [0.25, 0.3) is 0 Å². The van der Waals surface area contributed by atoms with E-state index in [9.17, 15) is 14.4 Å². The summed E-state index contributed by atoms with van der Waals surface area (Å²) in [5, 5.41) is 0. The molecule has 3 amide bonds. The molecule has 0 spiro atoms. The smallest absolute Gasteiger partial charge is 0.251 e. The lowest BCUT2D eigenvalue weighted by Crippen LogP contribution is -2.47. The van der Waals surface area contributed by atoms with Crippen LogP contribution in [0.2, 0.25) is 0 Å². The van der Waals surface area contributed by atoms with Crippen molar-refractivity contribution in [2.45, 2.75) is 39.2 Å². The fourth-order valence-corrected chi connectivity index (χ4v) is 3.75. The van der Waals surface area contributed by atoms with Crippen LogP contribution in [0.1, 0.15) is 30.4 Å². The number of hydrogen-bond donors (Lipinski definition) is 1. The third-order valence-corrected chi connectivity index (χ3v) is 4.96. The standard InChI is InChI=1S/C18H23N3O3/c1-11-7-12(2)9-14(8-11)21-16(22)10-15(18(21)24)20-5-3-13(4-6-20)17(19)23/h7-9,13,15H,3-6,10H2,1-2H3,(H2,19,23). The summed E-state index contributed by atoms with van der Waals surface area (Å²) in [6, 6.07) is 5.32. The molecule has 2 aliphatic rings. The van der Waals surface area contributed by atoms with Crippen molar-refractivity contribution in [2.75, 3.05) is 18.0 Å². The van der Waals surface area contributed by atoms with Gasteiger partial charge in [-0.2, -0.15) is 0 Å². The normalized spacial score (nSPS) is 23.1. The summed E-state index contributed by atoms with van der Waals surface area (Å²) in [6.45, 7) is 5.15. The Morgan fingerprint density at radius 2 is 1.67 bits per heavy atom. The van der Waals surface area contributed by atoms with E-state index in [-0.39, 0.29) is 30.1 Å². The highest BCUT2D eigenvalue weighted by atomic mass is 16.2. The van der Waals surface area contributed by atoms with Crippen LogP contribution in [0.15, 0.2) is 18.2 Å². The van der Waals surface area contributed by atoms with Crippen molar-refractivity contribution in [2.24, 2.45) is 11.7 Å². The van der Waals surface area contributed by atoms with Crippen molar-refractivity contribution in [3.05, 3.63) is 29.3 Å². The van der Waals surface area contributed by atoms with Crippen LogP contribution >= 0.6 is 0 Å². The molecule has 24 heavy (non-hydrogen) atoms. The zero-order valence-corrected chi connectivity index (χ0v) is 14.1. The molecular weight excluding hydrogens is 306 g/mol. The molecule has 2 fully saturated rings. The van der Waals surface area contributed by atoms with Crippen molar-refractivity contribution < 1.29 is 14.4 Å². The van der Waals surface area contributed by atoms with Crippen LogP contribution < -0.4 is 10.6 Å². The number of hydrogen-bond acceptors (Lipinski definition) is 4. The predicted octanol–water partition coefficient (Wildman–Crippen LogP) is 1.13. The molecule has 6 nitrogen and oxygen atoms in total. The van der Waals surface area contributed by atoms with Crippen LogP contribution in [0.5, 0.6) is 0 Å². The maximum atomic E-state index is 12.8. The summed E-state index contributed by atoms with van der Waals surface area (Å²) in [5.74, 6) is -0.723. The Kier molecular flexibility index (Phi) is 4.41. The first-order valence-electron chi connectivity index (χ1n) is 8.35. The summed E-state index contributed by atoms with van der Waals surface area (Å²) in [6.07, 6.45) is 1.50. The summed E-state index contributed by atoms with van der Waals surface area (Å²) in [5.41, 5.74) is 8.05. The Balaban J connectivity index is 1.76. The molecule has 128 valence electrons. The number of aryl methyl sites for hydroxylation is 2. The molecule has 1 aromatic carbocycles. The summed E-state index contributed by atoms with van der Waals surface area (Å²) < 4.78 is 0. The van der Waals surface area contributed by atoms with Gasteiger partial charge < -0.3 is 5.73 Å². The van der Waals surface area contributed by atoms with Gasteiger partial charge in [-0.1, -0.05) is 6.07 Å². The van der Waals surface area contributed by atoms with E-state index in [0.29, 0.717) is 31.6 Å². The molecule has 3 rings (SSSR count). The van der Waals surface area contributed by atoms with E-state index < -0.39 is 6.04 Å². The number of amides is 3. The number of nitrogens with zero attached hydrogens (tertiary/aromatic N) is 2. The van der Waals surface area contributed by atoms with E-state index >= 15 is 0 Å². The van der Waals surface area contributed by atoms with Crippen molar-refractivity contribution in [3.8, 4) is 0 Å². The van der Waals surface area contributed by atoms with E-state index in [4.69, 9.17) is 5.73 Å². The van der Waals surface area contributed by atoms with Crippen LogP contribution in [0, 0.1) is 19.8 Å². The van der Waals surface area contributed by atoms with Gasteiger partial charge in [-0.15, -0.1) is 0 Å². The number of benzene rings is 1. The lowest BCUT2D eigenvalue weighted by atomic mass is 9.95. The Hall–Kier alpha value is -2.21. The van der Waals surface area contributed by atoms with Crippen molar-refractivity contribution in [3.63, 3.8) is 0 Å². The van der Waals surface area contributed by atoms with Gasteiger partial charge in [-0.25, -0.2) is 4.90 Å². The number of anilines is 1. The van der Waals surface area contributed by atoms with Gasteiger partial charge in [0.25, 0.3) is 5.91 Å². The van der Waals surface area contributed by atoms with Crippen LogP contribution in [0.4, 0.5) is 5.69 Å². The SMILES string of the molecule is Cc1cc(C)cc(N2C(=O)CC(N3CCC(C(N)=O)CC3)C2=O)c1. The van der Waals surface area contributed by atoms with Crippen molar-refractivity contribution in [1.82, 2.24) is 4.90 Å². The highest BCUT2D eigenvalue weighted by Crippen LogP contribution is 2.29. The van der Waals surface area contributed by atoms with E-state index in [1.807, 2.05) is 36.9 Å². The molecule has 0 radical (unpaired) electrons.